The molecule has 6 nitrogen and oxygen atoms in total. The molecule has 1 aliphatic heterocycles. The highest BCUT2D eigenvalue weighted by Gasteiger charge is 2.37. The van der Waals surface area contributed by atoms with Crippen molar-refractivity contribution in [3.63, 3.8) is 0 Å². The van der Waals surface area contributed by atoms with Crippen LogP contribution in [-0.4, -0.2) is 29.3 Å². The molecule has 28 heavy (non-hydrogen) atoms. The van der Waals surface area contributed by atoms with Gasteiger partial charge in [0.25, 0.3) is 17.7 Å². The Bertz CT molecular complexity index is 827. The fourth-order valence-corrected chi connectivity index (χ4v) is 3.27. The highest BCUT2D eigenvalue weighted by molar-refractivity contribution is 6.33. The first-order valence-corrected chi connectivity index (χ1v) is 9.85. The Balaban J connectivity index is 1.55. The summed E-state index contributed by atoms with van der Waals surface area (Å²) in [4.78, 5) is 42.3. The van der Waals surface area contributed by atoms with Gasteiger partial charge >= 0.3 is 0 Å². The molecule has 0 atom stereocenters. The van der Waals surface area contributed by atoms with Gasteiger partial charge in [-0.15, -0.1) is 0 Å². The maximum Gasteiger partial charge on any atom is 0.284 e. The van der Waals surface area contributed by atoms with Crippen LogP contribution in [0.3, 0.4) is 0 Å². The first-order chi connectivity index (χ1) is 13.6. The number of nitrogens with one attached hydrogen (secondary N) is 1. The number of aromatic nitrogens is 1. The Labute approximate surface area is 165 Å². The van der Waals surface area contributed by atoms with Gasteiger partial charge in [0.2, 0.25) is 0 Å². The first kappa shape index (κ1) is 19.7. The zero-order valence-electron chi connectivity index (χ0n) is 16.1. The van der Waals surface area contributed by atoms with Crippen LogP contribution in [0.25, 0.3) is 0 Å². The van der Waals surface area contributed by atoms with Gasteiger partial charge in [0.15, 0.2) is 0 Å². The van der Waals surface area contributed by atoms with Gasteiger partial charge in [0, 0.05) is 18.3 Å². The van der Waals surface area contributed by atoms with E-state index in [2.05, 4.69) is 17.2 Å². The summed E-state index contributed by atoms with van der Waals surface area (Å²) in [7, 11) is 0. The van der Waals surface area contributed by atoms with E-state index in [0.29, 0.717) is 23.4 Å². The summed E-state index contributed by atoms with van der Waals surface area (Å²) in [6.07, 6.45) is 8.52. The van der Waals surface area contributed by atoms with Crippen molar-refractivity contribution in [1.29, 1.82) is 0 Å². The van der Waals surface area contributed by atoms with E-state index in [1.807, 2.05) is 0 Å². The zero-order chi connectivity index (χ0) is 19.9. The molecule has 0 saturated carbocycles. The van der Waals surface area contributed by atoms with E-state index in [4.69, 9.17) is 0 Å². The topological polar surface area (TPSA) is 79.4 Å². The molecule has 146 valence electrons. The number of rotatable bonds is 9. The van der Waals surface area contributed by atoms with Gasteiger partial charge in [-0.2, -0.15) is 0 Å². The molecule has 0 spiro atoms. The summed E-state index contributed by atoms with van der Waals surface area (Å²) in [6, 6.07) is 9.70. The summed E-state index contributed by atoms with van der Waals surface area (Å²) >= 11 is 0. The van der Waals surface area contributed by atoms with Crippen molar-refractivity contribution in [2.24, 2.45) is 0 Å². The molecule has 2 heterocycles. The number of amides is 3. The SMILES string of the molecule is CCCCCCCCNC(=O)c1ccc(N2C(=O)c3cccnc3C2=O)cc1. The van der Waals surface area contributed by atoms with Gasteiger partial charge in [0.05, 0.1) is 11.3 Å². The van der Waals surface area contributed by atoms with Crippen molar-refractivity contribution < 1.29 is 14.4 Å². The van der Waals surface area contributed by atoms with Crippen LogP contribution in [0.5, 0.6) is 0 Å². The lowest BCUT2D eigenvalue weighted by molar-refractivity contribution is 0.0922. The summed E-state index contributed by atoms with van der Waals surface area (Å²) in [5, 5.41) is 2.91. The molecule has 0 fully saturated rings. The number of carbonyl (C=O) groups is 3. The van der Waals surface area contributed by atoms with E-state index in [0.717, 1.165) is 17.7 Å². The largest absolute Gasteiger partial charge is 0.352 e. The van der Waals surface area contributed by atoms with E-state index >= 15 is 0 Å². The average Bonchev–Trinajstić information content (AvgIpc) is 2.98. The van der Waals surface area contributed by atoms with Crippen LogP contribution < -0.4 is 10.2 Å². The lowest BCUT2D eigenvalue weighted by atomic mass is 10.1. The molecule has 1 aliphatic rings. The number of imide groups is 1. The number of pyridine rings is 1. The molecule has 0 unspecified atom stereocenters. The van der Waals surface area contributed by atoms with E-state index < -0.39 is 11.8 Å². The fraction of sp³-hybridized carbons (Fsp3) is 0.364. The normalized spacial score (nSPS) is 13.0. The Hall–Kier alpha value is -3.02. The van der Waals surface area contributed by atoms with Gasteiger partial charge in [-0.05, 0) is 42.8 Å². The molecular formula is C22H25N3O3. The van der Waals surface area contributed by atoms with Crippen LogP contribution in [0.2, 0.25) is 0 Å². The zero-order valence-corrected chi connectivity index (χ0v) is 16.1. The van der Waals surface area contributed by atoms with Crippen LogP contribution >= 0.6 is 0 Å². The fourth-order valence-electron chi connectivity index (χ4n) is 3.27. The minimum atomic E-state index is -0.444. The van der Waals surface area contributed by atoms with Gasteiger partial charge in [-0.1, -0.05) is 39.0 Å². The van der Waals surface area contributed by atoms with Crippen LogP contribution in [-0.2, 0) is 0 Å². The Kier molecular flexibility index (Phi) is 6.53. The molecule has 0 aliphatic carbocycles. The van der Waals surface area contributed by atoms with E-state index in [9.17, 15) is 14.4 Å². The van der Waals surface area contributed by atoms with Crippen LogP contribution in [0, 0.1) is 0 Å². The number of anilines is 1. The number of benzene rings is 1. The lowest BCUT2D eigenvalue weighted by Gasteiger charge is -2.14. The second kappa shape index (κ2) is 9.26. The van der Waals surface area contributed by atoms with Crippen molar-refractivity contribution in [2.45, 2.75) is 45.4 Å². The van der Waals surface area contributed by atoms with Gasteiger partial charge in [-0.25, -0.2) is 4.90 Å². The van der Waals surface area contributed by atoms with Crippen molar-refractivity contribution in [3.8, 4) is 0 Å². The van der Waals surface area contributed by atoms with Crippen LogP contribution in [0.15, 0.2) is 42.6 Å². The number of carbonyl (C=O) groups excluding carboxylic acids is 3. The molecule has 3 rings (SSSR count). The highest BCUT2D eigenvalue weighted by atomic mass is 16.2. The molecule has 1 aromatic carbocycles. The van der Waals surface area contributed by atoms with Crippen LogP contribution in [0.1, 0.15) is 76.7 Å². The maximum absolute atomic E-state index is 12.5. The number of hydrogen-bond acceptors (Lipinski definition) is 4. The molecule has 0 bridgehead atoms. The maximum atomic E-state index is 12.5. The second-order valence-electron chi connectivity index (χ2n) is 6.92. The first-order valence-electron chi connectivity index (χ1n) is 9.85. The summed E-state index contributed by atoms with van der Waals surface area (Å²) < 4.78 is 0. The highest BCUT2D eigenvalue weighted by Crippen LogP contribution is 2.27. The Morgan fingerprint density at radius 3 is 2.39 bits per heavy atom. The number of nitrogens with zero attached hydrogens (tertiary/aromatic N) is 2. The van der Waals surface area contributed by atoms with E-state index in [-0.39, 0.29) is 11.6 Å². The van der Waals surface area contributed by atoms with E-state index in [1.54, 1.807) is 36.4 Å². The summed E-state index contributed by atoms with van der Waals surface area (Å²) in [6.45, 7) is 2.84. The van der Waals surface area contributed by atoms with Gasteiger partial charge in [0.1, 0.15) is 5.69 Å². The molecule has 2 aromatic rings. The number of fused-ring (bicyclic) bond motifs is 1. The monoisotopic (exact) mass is 379 g/mol. The second-order valence-corrected chi connectivity index (χ2v) is 6.92. The number of hydrogen-bond donors (Lipinski definition) is 1. The number of unbranched alkanes of at least 4 members (excludes halogenated alkanes) is 5. The predicted molar refractivity (Wildman–Crippen MR) is 108 cm³/mol. The standard InChI is InChI=1S/C22H25N3O3/c1-2-3-4-5-6-7-14-24-20(26)16-10-12-17(13-11-16)25-21(27)18-9-8-15-23-19(18)22(25)28/h8-13,15H,2-7,14H2,1H3,(H,24,26). The summed E-state index contributed by atoms with van der Waals surface area (Å²) in [5.74, 6) is -0.988. The smallest absolute Gasteiger partial charge is 0.284 e. The van der Waals surface area contributed by atoms with Crippen molar-refractivity contribution >= 4 is 23.4 Å². The molecule has 0 saturated heterocycles. The van der Waals surface area contributed by atoms with E-state index in [1.165, 1.54) is 31.9 Å². The minimum Gasteiger partial charge on any atom is -0.352 e. The minimum absolute atomic E-state index is 0.149. The molecular weight excluding hydrogens is 354 g/mol. The van der Waals surface area contributed by atoms with Crippen molar-refractivity contribution in [2.75, 3.05) is 11.4 Å². The van der Waals surface area contributed by atoms with Gasteiger partial charge in [-0.3, -0.25) is 19.4 Å². The Morgan fingerprint density at radius 1 is 0.964 bits per heavy atom. The third-order valence-corrected chi connectivity index (χ3v) is 4.85. The molecule has 1 aromatic heterocycles. The Morgan fingerprint density at radius 2 is 1.68 bits per heavy atom. The molecule has 0 radical (unpaired) electrons. The molecule has 6 heteroatoms. The molecule has 1 N–H and O–H groups in total. The van der Waals surface area contributed by atoms with Crippen molar-refractivity contribution in [3.05, 3.63) is 59.4 Å². The van der Waals surface area contributed by atoms with Crippen molar-refractivity contribution in [1.82, 2.24) is 10.3 Å². The summed E-state index contributed by atoms with van der Waals surface area (Å²) in [5.41, 5.74) is 1.39. The van der Waals surface area contributed by atoms with Crippen LogP contribution in [0.4, 0.5) is 5.69 Å². The molecule has 3 amide bonds. The predicted octanol–water partition coefficient (Wildman–Crippen LogP) is 3.97. The average molecular weight is 379 g/mol. The lowest BCUT2D eigenvalue weighted by Crippen LogP contribution is -2.29. The van der Waals surface area contributed by atoms with Gasteiger partial charge < -0.3 is 5.32 Å². The third kappa shape index (κ3) is 4.27. The quantitative estimate of drug-likeness (QED) is 0.528. The third-order valence-electron chi connectivity index (χ3n) is 4.85.